The zero-order chi connectivity index (χ0) is 24.4. The van der Waals surface area contributed by atoms with Gasteiger partial charge in [0.15, 0.2) is 11.5 Å². The first-order chi connectivity index (χ1) is 17.0. The standard InChI is InChI=1S/C27H30N6O2/c1-19(32-15-4-5-16-32)27(34)31(2)26-18-20(13-14-28-26)17-24-29-25-8-6-7-23(33(25)30-24)21-9-11-22(35-3)12-10-21/h6-14,18-19H,4-5,15-17H2,1-3H3. The molecule has 35 heavy (non-hydrogen) atoms. The maximum absolute atomic E-state index is 13.0. The van der Waals surface area contributed by atoms with Crippen LogP contribution in [0.15, 0.2) is 60.8 Å². The van der Waals surface area contributed by atoms with Crippen molar-refractivity contribution >= 4 is 17.4 Å². The topological polar surface area (TPSA) is 75.9 Å². The van der Waals surface area contributed by atoms with Crippen molar-refractivity contribution < 1.29 is 9.53 Å². The number of pyridine rings is 2. The fourth-order valence-electron chi connectivity index (χ4n) is 4.62. The summed E-state index contributed by atoms with van der Waals surface area (Å²) in [5.41, 5.74) is 3.78. The molecule has 1 atom stereocenters. The number of carbonyl (C=O) groups is 1. The molecule has 1 fully saturated rings. The van der Waals surface area contributed by atoms with E-state index < -0.39 is 0 Å². The summed E-state index contributed by atoms with van der Waals surface area (Å²) >= 11 is 0. The molecule has 8 heteroatoms. The fourth-order valence-corrected chi connectivity index (χ4v) is 4.62. The summed E-state index contributed by atoms with van der Waals surface area (Å²) in [6.45, 7) is 3.94. The van der Waals surface area contributed by atoms with Crippen LogP contribution in [0.5, 0.6) is 5.75 Å². The van der Waals surface area contributed by atoms with Gasteiger partial charge in [-0.15, -0.1) is 0 Å². The third kappa shape index (κ3) is 4.74. The van der Waals surface area contributed by atoms with Crippen LogP contribution in [0.3, 0.4) is 0 Å². The summed E-state index contributed by atoms with van der Waals surface area (Å²) < 4.78 is 7.14. The van der Waals surface area contributed by atoms with Crippen molar-refractivity contribution in [2.24, 2.45) is 0 Å². The number of fused-ring (bicyclic) bond motifs is 1. The van der Waals surface area contributed by atoms with E-state index in [1.807, 2.05) is 66.0 Å². The first kappa shape index (κ1) is 23.0. The molecular weight excluding hydrogens is 440 g/mol. The Morgan fingerprint density at radius 3 is 2.63 bits per heavy atom. The van der Waals surface area contributed by atoms with Gasteiger partial charge in [-0.3, -0.25) is 14.6 Å². The highest BCUT2D eigenvalue weighted by molar-refractivity contribution is 5.95. The minimum absolute atomic E-state index is 0.0616. The van der Waals surface area contributed by atoms with E-state index in [0.29, 0.717) is 18.1 Å². The fraction of sp³-hybridized carbons (Fsp3) is 0.333. The summed E-state index contributed by atoms with van der Waals surface area (Å²) in [6.07, 6.45) is 4.60. The highest BCUT2D eigenvalue weighted by Crippen LogP contribution is 2.24. The lowest BCUT2D eigenvalue weighted by atomic mass is 10.1. The number of likely N-dealkylation sites (tertiary alicyclic amines) is 1. The Balaban J connectivity index is 1.36. The van der Waals surface area contributed by atoms with E-state index in [1.54, 1.807) is 25.3 Å². The van der Waals surface area contributed by atoms with Crippen LogP contribution in [0.1, 0.15) is 31.2 Å². The minimum Gasteiger partial charge on any atom is -0.497 e. The molecule has 0 radical (unpaired) electrons. The SMILES string of the molecule is COc1ccc(-c2cccc3nc(Cc4ccnc(N(C)C(=O)C(C)N5CCCC5)c4)nn23)cc1. The molecule has 3 aromatic heterocycles. The van der Waals surface area contributed by atoms with Crippen molar-refractivity contribution in [3.8, 4) is 17.0 Å². The second kappa shape index (κ2) is 9.84. The summed E-state index contributed by atoms with van der Waals surface area (Å²) in [4.78, 5) is 26.1. The van der Waals surface area contributed by atoms with Crippen molar-refractivity contribution in [3.05, 3.63) is 72.2 Å². The molecule has 1 saturated heterocycles. The molecule has 0 spiro atoms. The van der Waals surface area contributed by atoms with E-state index in [2.05, 4.69) is 9.88 Å². The second-order valence-corrected chi connectivity index (χ2v) is 8.95. The Hall–Kier alpha value is -3.78. The first-order valence-corrected chi connectivity index (χ1v) is 12.0. The number of ether oxygens (including phenoxy) is 1. The molecule has 1 unspecified atom stereocenters. The maximum atomic E-state index is 13.0. The van der Waals surface area contributed by atoms with Gasteiger partial charge in [-0.1, -0.05) is 6.07 Å². The number of benzene rings is 1. The van der Waals surface area contributed by atoms with Crippen LogP contribution in [0.4, 0.5) is 5.82 Å². The van der Waals surface area contributed by atoms with Gasteiger partial charge < -0.3 is 4.74 Å². The second-order valence-electron chi connectivity index (χ2n) is 8.95. The lowest BCUT2D eigenvalue weighted by Gasteiger charge is -2.27. The van der Waals surface area contributed by atoms with Crippen LogP contribution in [0.25, 0.3) is 16.9 Å². The molecule has 0 N–H and O–H groups in total. The molecule has 0 bridgehead atoms. The molecule has 0 aliphatic carbocycles. The van der Waals surface area contributed by atoms with Crippen LogP contribution >= 0.6 is 0 Å². The molecule has 0 saturated carbocycles. The van der Waals surface area contributed by atoms with Crippen LogP contribution in [-0.4, -0.2) is 63.7 Å². The van der Waals surface area contributed by atoms with Gasteiger partial charge in [-0.2, -0.15) is 5.10 Å². The predicted octanol–water partition coefficient (Wildman–Crippen LogP) is 3.84. The smallest absolute Gasteiger partial charge is 0.244 e. The van der Waals surface area contributed by atoms with Crippen molar-refractivity contribution in [2.45, 2.75) is 32.2 Å². The zero-order valence-electron chi connectivity index (χ0n) is 20.4. The highest BCUT2D eigenvalue weighted by atomic mass is 16.5. The molecular formula is C27H30N6O2. The Labute approximate surface area is 205 Å². The van der Waals surface area contributed by atoms with Crippen LogP contribution in [0, 0.1) is 0 Å². The third-order valence-electron chi connectivity index (χ3n) is 6.68. The number of carbonyl (C=O) groups excluding carboxylic acids is 1. The third-order valence-corrected chi connectivity index (χ3v) is 6.68. The van der Waals surface area contributed by atoms with Crippen molar-refractivity contribution in [1.29, 1.82) is 0 Å². The normalized spacial score (nSPS) is 14.8. The van der Waals surface area contributed by atoms with E-state index >= 15 is 0 Å². The molecule has 4 aromatic rings. The van der Waals surface area contributed by atoms with Gasteiger partial charge in [0.05, 0.1) is 18.8 Å². The van der Waals surface area contributed by atoms with E-state index in [-0.39, 0.29) is 11.9 Å². The average Bonchev–Trinajstić information content (AvgIpc) is 3.57. The average molecular weight is 471 g/mol. The van der Waals surface area contributed by atoms with Gasteiger partial charge in [-0.25, -0.2) is 14.5 Å². The lowest BCUT2D eigenvalue weighted by molar-refractivity contribution is -0.122. The summed E-state index contributed by atoms with van der Waals surface area (Å²) in [5, 5.41) is 4.78. The van der Waals surface area contributed by atoms with Gasteiger partial charge in [0, 0.05) is 25.2 Å². The Morgan fingerprint density at radius 1 is 1.11 bits per heavy atom. The van der Waals surface area contributed by atoms with Crippen molar-refractivity contribution in [1.82, 2.24) is 24.5 Å². The molecule has 1 aliphatic heterocycles. The monoisotopic (exact) mass is 470 g/mol. The van der Waals surface area contributed by atoms with Gasteiger partial charge in [-0.05, 0) is 86.9 Å². The lowest BCUT2D eigenvalue weighted by Crippen LogP contribution is -2.45. The number of hydrogen-bond acceptors (Lipinski definition) is 6. The molecule has 1 amide bonds. The number of amides is 1. The molecule has 180 valence electrons. The summed E-state index contributed by atoms with van der Waals surface area (Å²) in [7, 11) is 3.46. The number of aromatic nitrogens is 4. The van der Waals surface area contributed by atoms with Gasteiger partial charge >= 0.3 is 0 Å². The van der Waals surface area contributed by atoms with Crippen LogP contribution in [-0.2, 0) is 11.2 Å². The summed E-state index contributed by atoms with van der Waals surface area (Å²) in [6, 6.07) is 17.6. The van der Waals surface area contributed by atoms with Crippen molar-refractivity contribution in [2.75, 3.05) is 32.1 Å². The number of rotatable bonds is 7. The highest BCUT2D eigenvalue weighted by Gasteiger charge is 2.27. The first-order valence-electron chi connectivity index (χ1n) is 12.0. The van der Waals surface area contributed by atoms with E-state index in [0.717, 1.165) is 54.1 Å². The Morgan fingerprint density at radius 2 is 1.89 bits per heavy atom. The van der Waals surface area contributed by atoms with Crippen LogP contribution < -0.4 is 9.64 Å². The number of anilines is 1. The van der Waals surface area contributed by atoms with Gasteiger partial charge in [0.2, 0.25) is 5.91 Å². The van der Waals surface area contributed by atoms with Gasteiger partial charge in [0.25, 0.3) is 0 Å². The van der Waals surface area contributed by atoms with Gasteiger partial charge in [0.1, 0.15) is 11.6 Å². The number of nitrogens with zero attached hydrogens (tertiary/aromatic N) is 6. The van der Waals surface area contributed by atoms with Crippen molar-refractivity contribution in [3.63, 3.8) is 0 Å². The van der Waals surface area contributed by atoms with E-state index in [9.17, 15) is 4.79 Å². The molecule has 4 heterocycles. The number of likely N-dealkylation sites (N-methyl/N-ethyl adjacent to an activating group) is 1. The largest absolute Gasteiger partial charge is 0.497 e. The minimum atomic E-state index is -0.149. The summed E-state index contributed by atoms with van der Waals surface area (Å²) in [5.74, 6) is 2.22. The predicted molar refractivity (Wildman–Crippen MR) is 136 cm³/mol. The van der Waals surface area contributed by atoms with E-state index in [4.69, 9.17) is 14.8 Å². The van der Waals surface area contributed by atoms with Crippen LogP contribution in [0.2, 0.25) is 0 Å². The Kier molecular flexibility index (Phi) is 6.46. The number of hydrogen-bond donors (Lipinski definition) is 0. The zero-order valence-corrected chi connectivity index (χ0v) is 20.4. The molecule has 1 aromatic carbocycles. The quantitative estimate of drug-likeness (QED) is 0.409. The number of methoxy groups -OCH3 is 1. The molecule has 1 aliphatic rings. The Bertz CT molecular complexity index is 1330. The maximum Gasteiger partial charge on any atom is 0.244 e. The molecule has 5 rings (SSSR count). The molecule has 8 nitrogen and oxygen atoms in total. The van der Waals surface area contributed by atoms with E-state index in [1.165, 1.54) is 0 Å².